The fraction of sp³-hybridized carbons (Fsp3) is 0.250. The third-order valence-electron chi connectivity index (χ3n) is 4.80. The van der Waals surface area contributed by atoms with Crippen LogP contribution < -0.4 is 0 Å². The highest BCUT2D eigenvalue weighted by Gasteiger charge is 2.18. The molecule has 6 nitrogen and oxygen atoms in total. The van der Waals surface area contributed by atoms with Gasteiger partial charge in [0.05, 0.1) is 25.3 Å². The van der Waals surface area contributed by atoms with E-state index in [1.807, 2.05) is 53.0 Å². The average Bonchev–Trinajstić information content (AvgIpc) is 3.16. The molecule has 0 radical (unpaired) electrons. The van der Waals surface area contributed by atoms with Crippen molar-refractivity contribution in [3.63, 3.8) is 0 Å². The maximum absolute atomic E-state index is 6.23. The second-order valence-corrected chi connectivity index (χ2v) is 7.05. The van der Waals surface area contributed by atoms with Gasteiger partial charge in [0.2, 0.25) is 0 Å². The van der Waals surface area contributed by atoms with Crippen molar-refractivity contribution in [3.8, 4) is 11.4 Å². The molecule has 2 aromatic carbocycles. The molecule has 5 rings (SSSR count). The van der Waals surface area contributed by atoms with Crippen molar-refractivity contribution in [1.29, 1.82) is 0 Å². The van der Waals surface area contributed by atoms with E-state index < -0.39 is 0 Å². The predicted octanol–water partition coefficient (Wildman–Crippen LogP) is 3.43. The van der Waals surface area contributed by atoms with Gasteiger partial charge in [0.15, 0.2) is 11.5 Å². The van der Waals surface area contributed by atoms with E-state index >= 15 is 0 Å². The van der Waals surface area contributed by atoms with Crippen LogP contribution in [-0.2, 0) is 11.3 Å². The first-order valence-electron chi connectivity index (χ1n) is 8.98. The van der Waals surface area contributed by atoms with Gasteiger partial charge in [-0.25, -0.2) is 9.97 Å². The van der Waals surface area contributed by atoms with Crippen molar-refractivity contribution >= 4 is 28.2 Å². The zero-order valence-electron chi connectivity index (χ0n) is 14.7. The summed E-state index contributed by atoms with van der Waals surface area (Å²) in [6.07, 6.45) is 0. The fourth-order valence-electron chi connectivity index (χ4n) is 3.41. The highest BCUT2D eigenvalue weighted by Crippen LogP contribution is 2.25. The Balaban J connectivity index is 1.69. The maximum atomic E-state index is 6.23. The van der Waals surface area contributed by atoms with Crippen molar-refractivity contribution in [1.82, 2.24) is 24.5 Å². The van der Waals surface area contributed by atoms with Crippen LogP contribution in [0.1, 0.15) is 5.82 Å². The summed E-state index contributed by atoms with van der Waals surface area (Å²) in [5, 5.41) is 6.34. The number of aromatic nitrogens is 4. The largest absolute Gasteiger partial charge is 0.379 e. The van der Waals surface area contributed by atoms with Crippen LogP contribution in [0.15, 0.2) is 48.5 Å². The molecule has 7 heteroatoms. The molecule has 0 atom stereocenters. The Morgan fingerprint density at radius 2 is 1.81 bits per heavy atom. The van der Waals surface area contributed by atoms with Gasteiger partial charge in [-0.05, 0) is 18.2 Å². The number of morpholine rings is 1. The highest BCUT2D eigenvalue weighted by atomic mass is 35.5. The zero-order chi connectivity index (χ0) is 18.2. The van der Waals surface area contributed by atoms with E-state index in [-0.39, 0.29) is 0 Å². The fourth-order valence-corrected chi connectivity index (χ4v) is 3.58. The lowest BCUT2D eigenvalue weighted by molar-refractivity contribution is 0.0328. The van der Waals surface area contributed by atoms with E-state index in [2.05, 4.69) is 4.90 Å². The molecule has 0 bridgehead atoms. The molecule has 1 fully saturated rings. The van der Waals surface area contributed by atoms with Gasteiger partial charge < -0.3 is 4.74 Å². The molecule has 0 aliphatic carbocycles. The van der Waals surface area contributed by atoms with E-state index in [1.54, 1.807) is 0 Å². The van der Waals surface area contributed by atoms with E-state index in [4.69, 9.17) is 31.4 Å². The number of fused-ring (bicyclic) bond motifs is 3. The molecule has 136 valence electrons. The molecule has 3 heterocycles. The number of ether oxygens (including phenoxy) is 1. The van der Waals surface area contributed by atoms with Gasteiger partial charge in [0.25, 0.3) is 0 Å². The summed E-state index contributed by atoms with van der Waals surface area (Å²) in [6, 6.07) is 15.7. The quantitative estimate of drug-likeness (QED) is 0.546. The summed E-state index contributed by atoms with van der Waals surface area (Å²) in [6.45, 7) is 3.98. The van der Waals surface area contributed by atoms with Crippen molar-refractivity contribution in [2.24, 2.45) is 0 Å². The molecule has 0 amide bonds. The zero-order valence-corrected chi connectivity index (χ0v) is 15.4. The third kappa shape index (κ3) is 3.16. The third-order valence-corrected chi connectivity index (χ3v) is 5.04. The van der Waals surface area contributed by atoms with Gasteiger partial charge in [-0.15, -0.1) is 5.10 Å². The number of hydrogen-bond donors (Lipinski definition) is 0. The molecule has 2 aromatic heterocycles. The smallest absolute Gasteiger partial charge is 0.182 e. The van der Waals surface area contributed by atoms with Gasteiger partial charge in [-0.3, -0.25) is 4.90 Å². The number of hydrogen-bond acceptors (Lipinski definition) is 5. The van der Waals surface area contributed by atoms with Crippen LogP contribution in [0.3, 0.4) is 0 Å². The van der Waals surface area contributed by atoms with Crippen LogP contribution in [0.25, 0.3) is 27.9 Å². The highest BCUT2D eigenvalue weighted by molar-refractivity contribution is 6.31. The number of benzene rings is 2. The summed E-state index contributed by atoms with van der Waals surface area (Å²) in [5.41, 5.74) is 2.64. The van der Waals surface area contributed by atoms with Gasteiger partial charge in [0.1, 0.15) is 5.82 Å². The summed E-state index contributed by atoms with van der Waals surface area (Å²) < 4.78 is 7.32. The number of halogens is 1. The molecule has 27 heavy (non-hydrogen) atoms. The van der Waals surface area contributed by atoms with Gasteiger partial charge in [0, 0.05) is 29.1 Å². The first-order valence-corrected chi connectivity index (χ1v) is 9.36. The van der Waals surface area contributed by atoms with Crippen LogP contribution in [-0.4, -0.2) is 50.8 Å². The standard InChI is InChI=1S/C20H18ClN5O/c21-15-6-7-17-16(12-15)20-23-19(14-4-2-1-3-5-14)24-26(20)18(22-17)13-25-8-10-27-11-9-25/h1-7,12H,8-11,13H2. The number of nitrogens with zero attached hydrogens (tertiary/aromatic N) is 5. The second kappa shape index (κ2) is 6.88. The Hall–Kier alpha value is -2.54. The van der Waals surface area contributed by atoms with Crippen LogP contribution in [0.2, 0.25) is 5.02 Å². The minimum absolute atomic E-state index is 0.663. The summed E-state index contributed by atoms with van der Waals surface area (Å²) in [4.78, 5) is 12.0. The van der Waals surface area contributed by atoms with E-state index in [9.17, 15) is 0 Å². The first kappa shape index (κ1) is 16.6. The normalized spacial score (nSPS) is 15.6. The topological polar surface area (TPSA) is 55.6 Å². The Morgan fingerprint density at radius 1 is 1.00 bits per heavy atom. The predicted molar refractivity (Wildman–Crippen MR) is 105 cm³/mol. The molecule has 0 spiro atoms. The van der Waals surface area contributed by atoms with Crippen molar-refractivity contribution in [3.05, 3.63) is 59.4 Å². The number of rotatable bonds is 3. The molecule has 4 aromatic rings. The van der Waals surface area contributed by atoms with Crippen molar-refractivity contribution in [2.45, 2.75) is 6.54 Å². The summed E-state index contributed by atoms with van der Waals surface area (Å²) in [7, 11) is 0. The Kier molecular flexibility index (Phi) is 4.24. The molecule has 0 N–H and O–H groups in total. The molecule has 1 aliphatic heterocycles. The Morgan fingerprint density at radius 3 is 2.63 bits per heavy atom. The molecule has 1 aliphatic rings. The van der Waals surface area contributed by atoms with Crippen LogP contribution in [0.5, 0.6) is 0 Å². The van der Waals surface area contributed by atoms with Gasteiger partial charge in [-0.2, -0.15) is 4.52 Å². The minimum Gasteiger partial charge on any atom is -0.379 e. The van der Waals surface area contributed by atoms with E-state index in [0.29, 0.717) is 17.4 Å². The van der Waals surface area contributed by atoms with Gasteiger partial charge >= 0.3 is 0 Å². The van der Waals surface area contributed by atoms with Crippen LogP contribution in [0.4, 0.5) is 0 Å². The molecule has 0 unspecified atom stereocenters. The van der Waals surface area contributed by atoms with Crippen molar-refractivity contribution in [2.75, 3.05) is 26.3 Å². The Labute approximate surface area is 161 Å². The maximum Gasteiger partial charge on any atom is 0.182 e. The van der Waals surface area contributed by atoms with Gasteiger partial charge in [-0.1, -0.05) is 41.9 Å². The first-order chi connectivity index (χ1) is 13.3. The lowest BCUT2D eigenvalue weighted by atomic mass is 10.2. The molecule has 0 saturated carbocycles. The lowest BCUT2D eigenvalue weighted by Gasteiger charge is -2.26. The monoisotopic (exact) mass is 379 g/mol. The van der Waals surface area contributed by atoms with E-state index in [1.165, 1.54) is 0 Å². The minimum atomic E-state index is 0.663. The molecular formula is C20H18ClN5O. The molecule has 1 saturated heterocycles. The summed E-state index contributed by atoms with van der Waals surface area (Å²) in [5.74, 6) is 1.56. The van der Waals surface area contributed by atoms with Crippen molar-refractivity contribution < 1.29 is 4.74 Å². The van der Waals surface area contributed by atoms with E-state index in [0.717, 1.165) is 54.2 Å². The van der Waals surface area contributed by atoms with Crippen LogP contribution >= 0.6 is 11.6 Å². The lowest BCUT2D eigenvalue weighted by Crippen LogP contribution is -2.36. The SMILES string of the molecule is Clc1ccc2nc(CN3CCOCC3)n3nc(-c4ccccc4)nc3c2c1. The average molecular weight is 380 g/mol. The second-order valence-electron chi connectivity index (χ2n) is 6.61. The summed E-state index contributed by atoms with van der Waals surface area (Å²) >= 11 is 6.23. The van der Waals surface area contributed by atoms with Crippen LogP contribution in [0, 0.1) is 0 Å². The Bertz CT molecular complexity index is 1110. The molecular weight excluding hydrogens is 362 g/mol.